The zero-order chi connectivity index (χ0) is 44.4. The number of esters is 2. The summed E-state index contributed by atoms with van der Waals surface area (Å²) in [5.41, 5.74) is 6.17. The standard InChI is InChI=1S/C49H38Cl2N6O7/c1-25(58)63-43-19-41-45(35-9-5-3-7-33(35)43)29(21-50)23-56(41)47(60)39-17-27-15-31(11-13-37(27)54-39)52-49(62)53-32-12-14-38-28(16-32)18-40(55-38)48(61)57-24-30(22-51)46-36-10-6-4-8-34(36)44(20-42(46)57)64-26(2)59/h3-20,29-30,54-55H,21-24H2,1-2H3,(H2,52,53,62). The third-order valence-electron chi connectivity index (χ3n) is 11.8. The molecule has 8 aromatic rings. The van der Waals surface area contributed by atoms with Gasteiger partial charge in [-0.1, -0.05) is 48.5 Å². The van der Waals surface area contributed by atoms with Gasteiger partial charge in [0.1, 0.15) is 22.9 Å². The van der Waals surface area contributed by atoms with Crippen LogP contribution >= 0.6 is 23.2 Å². The fraction of sp³-hybridized carbons (Fsp3) is 0.163. The zero-order valence-corrected chi connectivity index (χ0v) is 35.9. The molecule has 0 radical (unpaired) electrons. The summed E-state index contributed by atoms with van der Waals surface area (Å²) in [6, 6.07) is 32.2. The number of benzene rings is 6. The van der Waals surface area contributed by atoms with E-state index < -0.39 is 18.0 Å². The number of hydrogen-bond donors (Lipinski definition) is 4. The maximum Gasteiger partial charge on any atom is 0.323 e. The van der Waals surface area contributed by atoms with Gasteiger partial charge in [-0.25, -0.2) is 4.79 Å². The molecule has 2 aliphatic rings. The number of H-pyrrole nitrogens is 2. The number of alkyl halides is 2. The van der Waals surface area contributed by atoms with Crippen LogP contribution < -0.4 is 29.9 Å². The Morgan fingerprint density at radius 2 is 0.984 bits per heavy atom. The smallest absolute Gasteiger partial charge is 0.323 e. The van der Waals surface area contributed by atoms with Crippen LogP contribution in [-0.2, 0) is 9.59 Å². The molecule has 2 unspecified atom stereocenters. The van der Waals surface area contributed by atoms with Crippen LogP contribution in [0.3, 0.4) is 0 Å². The van der Waals surface area contributed by atoms with E-state index in [1.165, 1.54) is 13.8 Å². The van der Waals surface area contributed by atoms with E-state index in [-0.39, 0.29) is 23.7 Å². The minimum absolute atomic E-state index is 0.137. The van der Waals surface area contributed by atoms with Crippen LogP contribution in [0.2, 0.25) is 0 Å². The van der Waals surface area contributed by atoms with Crippen molar-refractivity contribution in [2.45, 2.75) is 25.7 Å². The van der Waals surface area contributed by atoms with Crippen molar-refractivity contribution in [3.05, 3.63) is 132 Å². The summed E-state index contributed by atoms with van der Waals surface area (Å²) in [5.74, 6) is -0.446. The molecule has 64 heavy (non-hydrogen) atoms. The van der Waals surface area contributed by atoms with Crippen molar-refractivity contribution in [3.63, 3.8) is 0 Å². The number of rotatable bonds is 8. The molecular formula is C49H38Cl2N6O7. The molecule has 0 bridgehead atoms. The van der Waals surface area contributed by atoms with Crippen molar-refractivity contribution in [3.8, 4) is 11.5 Å². The summed E-state index contributed by atoms with van der Waals surface area (Å²) in [4.78, 5) is 75.4. The van der Waals surface area contributed by atoms with E-state index in [1.807, 2.05) is 48.5 Å². The summed E-state index contributed by atoms with van der Waals surface area (Å²) >= 11 is 12.9. The van der Waals surface area contributed by atoms with Gasteiger partial charge in [0.25, 0.3) is 11.8 Å². The van der Waals surface area contributed by atoms with Crippen LogP contribution in [0.15, 0.2) is 109 Å². The number of urea groups is 1. The third-order valence-corrected chi connectivity index (χ3v) is 12.6. The molecule has 4 amide bonds. The minimum atomic E-state index is -0.495. The average molecular weight is 894 g/mol. The third kappa shape index (κ3) is 7.12. The van der Waals surface area contributed by atoms with Gasteiger partial charge in [-0.3, -0.25) is 19.2 Å². The van der Waals surface area contributed by atoms with Gasteiger partial charge in [0.15, 0.2) is 0 Å². The van der Waals surface area contributed by atoms with Crippen molar-refractivity contribution < 1.29 is 33.4 Å². The Morgan fingerprint density at radius 1 is 0.578 bits per heavy atom. The molecule has 6 aromatic carbocycles. The molecule has 0 spiro atoms. The van der Waals surface area contributed by atoms with Crippen molar-refractivity contribution >= 4 is 119 Å². The van der Waals surface area contributed by atoms with Crippen LogP contribution in [0.25, 0.3) is 43.4 Å². The van der Waals surface area contributed by atoms with Gasteiger partial charge in [0.05, 0.1) is 11.4 Å². The number of ether oxygens (including phenoxy) is 2. The molecule has 0 fully saturated rings. The highest BCUT2D eigenvalue weighted by molar-refractivity contribution is 6.20. The summed E-state index contributed by atoms with van der Waals surface area (Å²) in [6.07, 6.45) is 0. The summed E-state index contributed by atoms with van der Waals surface area (Å²) in [7, 11) is 0. The highest BCUT2D eigenvalue weighted by Crippen LogP contribution is 2.48. The van der Waals surface area contributed by atoms with Crippen molar-refractivity contribution in [1.29, 1.82) is 0 Å². The Balaban J connectivity index is 0.854. The average Bonchev–Trinajstić information content (AvgIpc) is 4.08. The van der Waals surface area contributed by atoms with Crippen LogP contribution in [0.4, 0.5) is 27.5 Å². The molecule has 15 heteroatoms. The first-order valence-corrected chi connectivity index (χ1v) is 21.6. The normalized spacial score (nSPS) is 15.4. The summed E-state index contributed by atoms with van der Waals surface area (Å²) < 4.78 is 11.2. The lowest BCUT2D eigenvalue weighted by Crippen LogP contribution is -2.30. The summed E-state index contributed by atoms with van der Waals surface area (Å²) in [5, 5.41) is 10.4. The van der Waals surface area contributed by atoms with Gasteiger partial charge >= 0.3 is 18.0 Å². The second-order valence-electron chi connectivity index (χ2n) is 16.0. The van der Waals surface area contributed by atoms with E-state index in [0.717, 1.165) is 32.7 Å². The fourth-order valence-electron chi connectivity index (χ4n) is 9.18. The lowest BCUT2D eigenvalue weighted by atomic mass is 9.95. The van der Waals surface area contributed by atoms with Gasteiger partial charge in [-0.05, 0) is 70.4 Å². The molecule has 0 aliphatic carbocycles. The second-order valence-corrected chi connectivity index (χ2v) is 16.6. The quantitative estimate of drug-likeness (QED) is 0.0669. The highest BCUT2D eigenvalue weighted by atomic mass is 35.5. The summed E-state index contributed by atoms with van der Waals surface area (Å²) in [6.45, 7) is 3.37. The number of nitrogens with zero attached hydrogens (tertiary/aromatic N) is 2. The first-order chi connectivity index (χ1) is 31.0. The van der Waals surface area contributed by atoms with Crippen LogP contribution in [-0.4, -0.2) is 64.6 Å². The van der Waals surface area contributed by atoms with Gasteiger partial charge in [0, 0.05) is 107 Å². The number of halogens is 2. The Morgan fingerprint density at radius 3 is 1.38 bits per heavy atom. The lowest BCUT2D eigenvalue weighted by Gasteiger charge is -2.18. The zero-order valence-electron chi connectivity index (χ0n) is 34.4. The number of fused-ring (bicyclic) bond motifs is 8. The molecule has 0 saturated heterocycles. The van der Waals surface area contributed by atoms with Gasteiger partial charge < -0.3 is 39.9 Å². The van der Waals surface area contributed by atoms with Crippen LogP contribution in [0, 0.1) is 0 Å². The van der Waals surface area contributed by atoms with Crippen LogP contribution in [0.1, 0.15) is 57.8 Å². The maximum atomic E-state index is 14.2. The van der Waals surface area contributed by atoms with E-state index >= 15 is 0 Å². The molecule has 2 aromatic heterocycles. The van der Waals surface area contributed by atoms with Crippen molar-refractivity contribution in [2.24, 2.45) is 0 Å². The Hall–Kier alpha value is -7.35. The molecule has 2 aliphatic heterocycles. The number of aromatic nitrogens is 2. The molecule has 4 N–H and O–H groups in total. The molecular weight excluding hydrogens is 855 g/mol. The maximum absolute atomic E-state index is 14.2. The van der Waals surface area contributed by atoms with Gasteiger partial charge in [-0.15, -0.1) is 23.2 Å². The second kappa shape index (κ2) is 16.1. The number of anilines is 4. The van der Waals surface area contributed by atoms with Crippen molar-refractivity contribution in [2.75, 3.05) is 45.3 Å². The van der Waals surface area contributed by atoms with E-state index in [1.54, 1.807) is 70.5 Å². The fourth-order valence-corrected chi connectivity index (χ4v) is 9.68. The number of hydrogen-bond acceptors (Lipinski definition) is 7. The molecule has 10 rings (SSSR count). The number of aromatic amines is 2. The van der Waals surface area contributed by atoms with Crippen molar-refractivity contribution in [1.82, 2.24) is 9.97 Å². The Labute approximate surface area is 375 Å². The monoisotopic (exact) mass is 892 g/mol. The SMILES string of the molecule is CC(=O)Oc1cc2c(c3ccccc13)C(CCl)CN2C(=O)c1cc2cc(NC(=O)Nc3ccc4[nH]c(C(=O)N5CC(CCl)c6c5cc(OC(C)=O)c5ccccc65)cc4c3)ccc2[nH]1. The molecule has 2 atom stereocenters. The highest BCUT2D eigenvalue weighted by Gasteiger charge is 2.37. The molecule has 13 nitrogen and oxygen atoms in total. The topological polar surface area (TPSA) is 166 Å². The van der Waals surface area contributed by atoms with Gasteiger partial charge in [-0.2, -0.15) is 0 Å². The van der Waals surface area contributed by atoms with E-state index in [4.69, 9.17) is 32.7 Å². The molecule has 320 valence electrons. The number of carbonyl (C=O) groups excluding carboxylic acids is 5. The minimum Gasteiger partial charge on any atom is -0.426 e. The molecule has 4 heterocycles. The van der Waals surface area contributed by atoms with Crippen LogP contribution in [0.5, 0.6) is 11.5 Å². The first kappa shape index (κ1) is 40.7. The predicted octanol–water partition coefficient (Wildman–Crippen LogP) is 10.4. The first-order valence-electron chi connectivity index (χ1n) is 20.5. The number of carbonyl (C=O) groups is 5. The largest absolute Gasteiger partial charge is 0.426 e. The lowest BCUT2D eigenvalue weighted by molar-refractivity contribution is -0.132. The number of amides is 4. The Kier molecular flexibility index (Phi) is 10.2. The Bertz CT molecular complexity index is 3070. The van der Waals surface area contributed by atoms with Gasteiger partial charge in [0.2, 0.25) is 0 Å². The van der Waals surface area contributed by atoms with E-state index in [2.05, 4.69) is 20.6 Å². The number of nitrogens with one attached hydrogen (secondary N) is 4. The predicted molar refractivity (Wildman–Crippen MR) is 250 cm³/mol. The van der Waals surface area contributed by atoms with E-state index in [0.29, 0.717) is 92.3 Å². The van der Waals surface area contributed by atoms with E-state index in [9.17, 15) is 24.0 Å². The molecule has 0 saturated carbocycles.